The summed E-state index contributed by atoms with van der Waals surface area (Å²) < 4.78 is 77.1. The summed E-state index contributed by atoms with van der Waals surface area (Å²) in [4.78, 5) is 0. The molecule has 1 aliphatic rings. The fourth-order valence-electron chi connectivity index (χ4n) is 5.52. The Morgan fingerprint density at radius 1 is 0.417 bits per heavy atom. The van der Waals surface area contributed by atoms with Gasteiger partial charge in [0.1, 0.15) is 47.8 Å². The maximum absolute atomic E-state index is 15.7. The SMILES string of the molecule is Cc1c(C)c(C(C#N)=C2C(=C(C#N)c3c(F)c(F)c(C#N)c(P)c3F)C2=C(C#N)c2c(C)c(C)c(C#N)c(P)c2P)c(F)c(F)c1C#N. The highest BCUT2D eigenvalue weighted by Crippen LogP contribution is 2.57. The lowest BCUT2D eigenvalue weighted by molar-refractivity contribution is 0.492. The van der Waals surface area contributed by atoms with E-state index < -0.39 is 73.4 Å². The Labute approximate surface area is 278 Å². The second kappa shape index (κ2) is 13.1. The first-order valence-electron chi connectivity index (χ1n) is 13.4. The van der Waals surface area contributed by atoms with Crippen molar-refractivity contribution in [3.63, 3.8) is 0 Å². The van der Waals surface area contributed by atoms with Crippen LogP contribution in [0.2, 0.25) is 0 Å². The molecular formula is C34H18F5N6P3. The summed E-state index contributed by atoms with van der Waals surface area (Å²) in [6.07, 6.45) is 0. The van der Waals surface area contributed by atoms with Gasteiger partial charge in [0.15, 0.2) is 23.3 Å². The highest BCUT2D eigenvalue weighted by atomic mass is 31.0. The summed E-state index contributed by atoms with van der Waals surface area (Å²) in [5, 5.41) is 59.6. The molecule has 3 aromatic carbocycles. The summed E-state index contributed by atoms with van der Waals surface area (Å²) in [6, 6.07) is 10.3. The summed E-state index contributed by atoms with van der Waals surface area (Å²) in [5.74, 6) is -8.35. The highest BCUT2D eigenvalue weighted by Gasteiger charge is 2.44. The third kappa shape index (κ3) is 5.07. The van der Waals surface area contributed by atoms with Crippen molar-refractivity contribution in [3.05, 3.63) is 101 Å². The van der Waals surface area contributed by atoms with Crippen LogP contribution in [0.3, 0.4) is 0 Å². The maximum Gasteiger partial charge on any atom is 0.178 e. The lowest BCUT2D eigenvalue weighted by Crippen LogP contribution is -2.23. The summed E-state index contributed by atoms with van der Waals surface area (Å²) in [7, 11) is 6.53. The van der Waals surface area contributed by atoms with Crippen molar-refractivity contribution >= 4 is 60.4 Å². The number of halogens is 5. The van der Waals surface area contributed by atoms with Crippen molar-refractivity contribution in [2.24, 2.45) is 0 Å². The first kappa shape index (κ1) is 35.6. The molecule has 4 rings (SSSR count). The van der Waals surface area contributed by atoms with E-state index in [0.29, 0.717) is 21.7 Å². The van der Waals surface area contributed by atoms with E-state index >= 15 is 22.0 Å². The zero-order valence-corrected chi connectivity index (χ0v) is 28.8. The van der Waals surface area contributed by atoms with Crippen LogP contribution in [0.1, 0.15) is 55.6 Å². The van der Waals surface area contributed by atoms with E-state index in [1.807, 2.05) is 6.07 Å². The van der Waals surface area contributed by atoms with Crippen molar-refractivity contribution in [1.82, 2.24) is 0 Å². The van der Waals surface area contributed by atoms with Crippen molar-refractivity contribution in [3.8, 4) is 36.4 Å². The maximum atomic E-state index is 15.7. The van der Waals surface area contributed by atoms with E-state index in [-0.39, 0.29) is 39.0 Å². The van der Waals surface area contributed by atoms with Crippen LogP contribution in [0.25, 0.3) is 16.7 Å². The standard InChI is InChI=1S/C34H18F5N6P3/c1-11-13(3)21(29(37)27(35)15(11)5-40)17(7-42)23-24(18(8-43)22-14(4)12(2)16(6-41)33(47)34(22)48)25(23)19(9-44)26-30(38)28(36)20(10-45)32(46)31(26)39/h46-48H2,1-4H3. The van der Waals surface area contributed by atoms with E-state index in [0.717, 1.165) is 0 Å². The molecule has 0 aromatic heterocycles. The van der Waals surface area contributed by atoms with Gasteiger partial charge in [0.25, 0.3) is 0 Å². The third-order valence-corrected chi connectivity index (χ3v) is 10.4. The van der Waals surface area contributed by atoms with Gasteiger partial charge in [-0.1, -0.05) is 0 Å². The minimum atomic E-state index is -1.91. The van der Waals surface area contributed by atoms with Crippen LogP contribution in [0.15, 0.2) is 16.7 Å². The van der Waals surface area contributed by atoms with Gasteiger partial charge in [0.05, 0.1) is 33.4 Å². The number of allylic oxidation sites excluding steroid dienone is 6. The van der Waals surface area contributed by atoms with Crippen molar-refractivity contribution < 1.29 is 22.0 Å². The summed E-state index contributed by atoms with van der Waals surface area (Å²) >= 11 is 0. The topological polar surface area (TPSA) is 143 Å². The Hall–Kier alpha value is -5.24. The monoisotopic (exact) mass is 698 g/mol. The molecule has 3 aromatic rings. The molecule has 14 heteroatoms. The largest absolute Gasteiger partial charge is 0.205 e. The Morgan fingerprint density at radius 2 is 0.792 bits per heavy atom. The van der Waals surface area contributed by atoms with Gasteiger partial charge in [-0.15, -0.1) is 27.7 Å². The fourth-order valence-corrected chi connectivity index (χ4v) is 6.79. The van der Waals surface area contributed by atoms with Gasteiger partial charge in [-0.2, -0.15) is 31.6 Å². The number of nitrogens with zero attached hydrogens (tertiary/aromatic N) is 6. The quantitative estimate of drug-likeness (QED) is 0.143. The zero-order chi connectivity index (χ0) is 36.1. The summed E-state index contributed by atoms with van der Waals surface area (Å²) in [6.45, 7) is 5.83. The number of hydrogen-bond donors (Lipinski definition) is 0. The normalized spacial score (nSPS) is 14.9. The first-order chi connectivity index (χ1) is 22.6. The minimum Gasteiger partial charge on any atom is -0.205 e. The number of hydrogen-bond acceptors (Lipinski definition) is 6. The van der Waals surface area contributed by atoms with Crippen LogP contribution in [-0.2, 0) is 0 Å². The molecule has 0 aliphatic heterocycles. The molecule has 0 N–H and O–H groups in total. The molecule has 0 amide bonds. The minimum absolute atomic E-state index is 0.0187. The van der Waals surface area contributed by atoms with Gasteiger partial charge < -0.3 is 0 Å². The molecular weight excluding hydrogens is 680 g/mol. The van der Waals surface area contributed by atoms with Crippen LogP contribution in [0, 0.1) is 125 Å². The molecule has 0 saturated heterocycles. The van der Waals surface area contributed by atoms with E-state index in [9.17, 15) is 31.6 Å². The fraction of sp³-hybridized carbons (Fsp3) is 0.118. The molecule has 1 saturated carbocycles. The van der Waals surface area contributed by atoms with Gasteiger partial charge in [-0.3, -0.25) is 0 Å². The first-order valence-corrected chi connectivity index (χ1v) is 15.1. The molecule has 0 bridgehead atoms. The molecule has 6 nitrogen and oxygen atoms in total. The molecule has 1 fully saturated rings. The predicted octanol–water partition coefficient (Wildman–Crippen LogP) is 5.98. The lowest BCUT2D eigenvalue weighted by Gasteiger charge is -2.16. The smallest absolute Gasteiger partial charge is 0.178 e. The molecule has 3 unspecified atom stereocenters. The van der Waals surface area contributed by atoms with Crippen LogP contribution < -0.4 is 15.9 Å². The van der Waals surface area contributed by atoms with E-state index in [4.69, 9.17) is 0 Å². The average molecular weight is 698 g/mol. The second-order valence-corrected chi connectivity index (χ2v) is 12.2. The zero-order valence-electron chi connectivity index (χ0n) is 25.3. The molecule has 0 radical (unpaired) electrons. The van der Waals surface area contributed by atoms with Gasteiger partial charge >= 0.3 is 0 Å². The van der Waals surface area contributed by atoms with Gasteiger partial charge in [-0.25, -0.2) is 22.0 Å². The number of benzene rings is 3. The Balaban J connectivity index is 2.38. The molecule has 234 valence electrons. The average Bonchev–Trinajstić information content (AvgIpc) is 3.78. The highest BCUT2D eigenvalue weighted by molar-refractivity contribution is 7.36. The number of rotatable bonds is 3. The van der Waals surface area contributed by atoms with Crippen molar-refractivity contribution in [2.75, 3.05) is 0 Å². The molecule has 0 heterocycles. The van der Waals surface area contributed by atoms with Crippen LogP contribution in [0.5, 0.6) is 0 Å². The van der Waals surface area contributed by atoms with Crippen LogP contribution >= 0.6 is 27.7 Å². The molecule has 0 spiro atoms. The summed E-state index contributed by atoms with van der Waals surface area (Å²) in [5.41, 5.74) is -5.02. The predicted molar refractivity (Wildman–Crippen MR) is 178 cm³/mol. The molecule has 3 atom stereocenters. The van der Waals surface area contributed by atoms with Gasteiger partial charge in [-0.05, 0) is 60.6 Å². The molecule has 48 heavy (non-hydrogen) atoms. The third-order valence-electron chi connectivity index (χ3n) is 8.30. The lowest BCUT2D eigenvalue weighted by atomic mass is 9.91. The number of nitriles is 6. The Kier molecular flexibility index (Phi) is 9.72. The van der Waals surface area contributed by atoms with E-state index in [2.05, 4.69) is 24.5 Å². The van der Waals surface area contributed by atoms with Crippen molar-refractivity contribution in [2.45, 2.75) is 27.7 Å². The van der Waals surface area contributed by atoms with Crippen LogP contribution in [0.4, 0.5) is 22.0 Å². The van der Waals surface area contributed by atoms with Gasteiger partial charge in [0.2, 0.25) is 0 Å². The molecule has 1 aliphatic carbocycles. The Morgan fingerprint density at radius 3 is 1.25 bits per heavy atom. The second-order valence-electron chi connectivity index (χ2n) is 10.5. The van der Waals surface area contributed by atoms with E-state index in [1.165, 1.54) is 19.9 Å². The van der Waals surface area contributed by atoms with Crippen LogP contribution in [-0.4, -0.2) is 0 Å². The van der Waals surface area contributed by atoms with Gasteiger partial charge in [0, 0.05) is 33.2 Å². The van der Waals surface area contributed by atoms with Crippen molar-refractivity contribution in [1.29, 1.82) is 31.6 Å². The van der Waals surface area contributed by atoms with E-state index in [1.54, 1.807) is 41.3 Å². The Bertz CT molecular complexity index is 2070.